The van der Waals surface area contributed by atoms with Crippen molar-refractivity contribution in [3.63, 3.8) is 0 Å². The first-order valence-electron chi connectivity index (χ1n) is 8.40. The number of nitrogens with zero attached hydrogens (tertiary/aromatic N) is 2. The minimum atomic E-state index is -2.44. The van der Waals surface area contributed by atoms with Crippen LogP contribution in [0.15, 0.2) is 36.8 Å². The van der Waals surface area contributed by atoms with Crippen LogP contribution in [0.25, 0.3) is 0 Å². The third kappa shape index (κ3) is 9.60. The Bertz CT molecular complexity index is 719. The number of aromatic nitrogens is 2. The van der Waals surface area contributed by atoms with Crippen molar-refractivity contribution in [2.24, 2.45) is 5.73 Å². The van der Waals surface area contributed by atoms with Crippen LogP contribution in [0.5, 0.6) is 5.75 Å². The number of aryl methyl sites for hydroxylation is 1. The van der Waals surface area contributed by atoms with E-state index in [1.165, 1.54) is 18.6 Å². The Labute approximate surface area is 158 Å². The fraction of sp³-hybridized carbons (Fsp3) is 0.421. The predicted octanol–water partition coefficient (Wildman–Crippen LogP) is 3.10. The number of hydrogen-bond acceptors (Lipinski definition) is 5. The molecule has 0 aliphatic heterocycles. The maximum atomic E-state index is 12.0. The highest BCUT2D eigenvalue weighted by Crippen LogP contribution is 2.20. The van der Waals surface area contributed by atoms with Gasteiger partial charge in [-0.3, -0.25) is 9.78 Å². The summed E-state index contributed by atoms with van der Waals surface area (Å²) in [6.07, 6.45) is 1.78. The van der Waals surface area contributed by atoms with Crippen LogP contribution in [0, 0.1) is 6.92 Å². The number of hydrogen-bond donors (Lipinski definition) is 2. The van der Waals surface area contributed by atoms with Gasteiger partial charge in [-0.15, -0.1) is 0 Å². The standard InChI is InChI=1S/C14H21F2NO.C5H5N3O/c1-10-7-11(8-17-14(2,3)4)5-6-12(10)18-9-13(15)16;6-5(9)4-3-7-1-2-8-4/h5-7,13,17H,8-9H2,1-4H3;1-3H,(H2,6,9). The number of nitrogens with one attached hydrogen (secondary N) is 1. The zero-order valence-corrected chi connectivity index (χ0v) is 16.0. The zero-order chi connectivity index (χ0) is 20.4. The van der Waals surface area contributed by atoms with Crippen LogP contribution in [0.4, 0.5) is 8.78 Å². The van der Waals surface area contributed by atoms with E-state index in [1.807, 2.05) is 19.1 Å². The molecule has 2 aromatic rings. The minimum Gasteiger partial charge on any atom is -0.487 e. The quantitative estimate of drug-likeness (QED) is 0.804. The maximum Gasteiger partial charge on any atom is 0.272 e. The summed E-state index contributed by atoms with van der Waals surface area (Å²) in [5.74, 6) is -0.0297. The second-order valence-electron chi connectivity index (χ2n) is 6.86. The number of halogens is 2. The molecule has 0 aliphatic rings. The predicted molar refractivity (Wildman–Crippen MR) is 99.8 cm³/mol. The lowest BCUT2D eigenvalue weighted by atomic mass is 10.1. The maximum absolute atomic E-state index is 12.0. The van der Waals surface area contributed by atoms with Gasteiger partial charge >= 0.3 is 0 Å². The van der Waals surface area contributed by atoms with Gasteiger partial charge in [0.05, 0.1) is 6.20 Å². The molecule has 0 radical (unpaired) electrons. The van der Waals surface area contributed by atoms with Crippen LogP contribution in [-0.4, -0.2) is 34.4 Å². The molecule has 0 saturated carbocycles. The van der Waals surface area contributed by atoms with Gasteiger partial charge in [-0.1, -0.05) is 12.1 Å². The number of primary amides is 1. The topological polar surface area (TPSA) is 90.1 Å². The van der Waals surface area contributed by atoms with E-state index < -0.39 is 18.9 Å². The Morgan fingerprint density at radius 3 is 2.44 bits per heavy atom. The van der Waals surface area contributed by atoms with Gasteiger partial charge in [-0.2, -0.15) is 0 Å². The van der Waals surface area contributed by atoms with Gasteiger partial charge in [0.1, 0.15) is 18.1 Å². The highest BCUT2D eigenvalue weighted by molar-refractivity contribution is 5.90. The second-order valence-corrected chi connectivity index (χ2v) is 6.86. The fourth-order valence-electron chi connectivity index (χ4n) is 1.93. The van der Waals surface area contributed by atoms with Crippen molar-refractivity contribution in [1.29, 1.82) is 0 Å². The smallest absolute Gasteiger partial charge is 0.272 e. The first kappa shape index (κ1) is 22.4. The van der Waals surface area contributed by atoms with Gasteiger partial charge in [-0.05, 0) is 44.9 Å². The summed E-state index contributed by atoms with van der Waals surface area (Å²) in [7, 11) is 0. The van der Waals surface area contributed by atoms with E-state index in [-0.39, 0.29) is 11.2 Å². The van der Waals surface area contributed by atoms with Gasteiger partial charge in [-0.25, -0.2) is 13.8 Å². The first-order valence-corrected chi connectivity index (χ1v) is 8.40. The molecule has 0 fully saturated rings. The lowest BCUT2D eigenvalue weighted by molar-refractivity contribution is 0.0815. The molecule has 1 aromatic heterocycles. The van der Waals surface area contributed by atoms with Crippen LogP contribution in [-0.2, 0) is 6.54 Å². The van der Waals surface area contributed by atoms with Crippen molar-refractivity contribution < 1.29 is 18.3 Å². The van der Waals surface area contributed by atoms with Gasteiger partial charge in [0.25, 0.3) is 12.3 Å². The number of carbonyl (C=O) groups is 1. The van der Waals surface area contributed by atoms with Crippen LogP contribution in [0.2, 0.25) is 0 Å². The molecule has 3 N–H and O–H groups in total. The van der Waals surface area contributed by atoms with E-state index in [4.69, 9.17) is 10.5 Å². The van der Waals surface area contributed by atoms with Gasteiger partial charge in [0, 0.05) is 24.5 Å². The Balaban J connectivity index is 0.000000337. The normalized spacial score (nSPS) is 10.9. The lowest BCUT2D eigenvalue weighted by Gasteiger charge is -2.21. The third-order valence-electron chi connectivity index (χ3n) is 3.24. The Morgan fingerprint density at radius 2 is 2.00 bits per heavy atom. The Hall–Kier alpha value is -2.61. The van der Waals surface area contributed by atoms with Crippen LogP contribution in [0.1, 0.15) is 42.4 Å². The van der Waals surface area contributed by atoms with Crippen molar-refractivity contribution >= 4 is 5.91 Å². The van der Waals surface area contributed by atoms with Crippen molar-refractivity contribution in [2.45, 2.75) is 46.2 Å². The summed E-state index contributed by atoms with van der Waals surface area (Å²) in [5, 5.41) is 3.37. The highest BCUT2D eigenvalue weighted by Gasteiger charge is 2.10. The number of benzene rings is 1. The average molecular weight is 380 g/mol. The van der Waals surface area contributed by atoms with Crippen molar-refractivity contribution in [3.05, 3.63) is 53.6 Å². The Morgan fingerprint density at radius 1 is 1.30 bits per heavy atom. The summed E-state index contributed by atoms with van der Waals surface area (Å²) in [4.78, 5) is 17.6. The number of nitrogens with two attached hydrogens (primary N) is 1. The molecule has 1 heterocycles. The van der Waals surface area contributed by atoms with Crippen molar-refractivity contribution in [2.75, 3.05) is 6.61 Å². The molecular weight excluding hydrogens is 354 g/mol. The molecule has 148 valence electrons. The molecule has 8 heteroatoms. The van der Waals surface area contributed by atoms with E-state index in [0.717, 1.165) is 17.7 Å². The van der Waals surface area contributed by atoms with E-state index in [0.29, 0.717) is 5.75 Å². The number of alkyl halides is 2. The summed E-state index contributed by atoms with van der Waals surface area (Å²) < 4.78 is 29.1. The van der Waals surface area contributed by atoms with E-state index >= 15 is 0 Å². The summed E-state index contributed by atoms with van der Waals surface area (Å²) in [5.41, 5.74) is 7.11. The lowest BCUT2D eigenvalue weighted by Crippen LogP contribution is -2.35. The second kappa shape index (κ2) is 10.5. The van der Waals surface area contributed by atoms with Crippen molar-refractivity contribution in [1.82, 2.24) is 15.3 Å². The summed E-state index contributed by atoms with van der Waals surface area (Å²) >= 11 is 0. The molecule has 0 aliphatic carbocycles. The number of ether oxygens (including phenoxy) is 1. The summed E-state index contributed by atoms with van der Waals surface area (Å²) in [6, 6.07) is 5.60. The monoisotopic (exact) mass is 380 g/mol. The number of amides is 1. The zero-order valence-electron chi connectivity index (χ0n) is 16.0. The number of rotatable bonds is 6. The van der Waals surface area contributed by atoms with Crippen LogP contribution >= 0.6 is 0 Å². The third-order valence-corrected chi connectivity index (χ3v) is 3.24. The van der Waals surface area contributed by atoms with E-state index in [2.05, 4.69) is 36.1 Å². The molecule has 6 nitrogen and oxygen atoms in total. The molecule has 0 saturated heterocycles. The molecule has 0 bridgehead atoms. The minimum absolute atomic E-state index is 0.0543. The molecule has 1 amide bonds. The van der Waals surface area contributed by atoms with E-state index in [9.17, 15) is 13.6 Å². The van der Waals surface area contributed by atoms with Gasteiger partial charge < -0.3 is 15.8 Å². The fourth-order valence-corrected chi connectivity index (χ4v) is 1.93. The van der Waals surface area contributed by atoms with E-state index in [1.54, 1.807) is 6.07 Å². The number of carbonyl (C=O) groups excluding carboxylic acids is 1. The Kier molecular flexibility index (Phi) is 8.74. The van der Waals surface area contributed by atoms with Crippen LogP contribution < -0.4 is 15.8 Å². The summed E-state index contributed by atoms with van der Waals surface area (Å²) in [6.45, 7) is 8.35. The average Bonchev–Trinajstić information content (AvgIpc) is 2.59. The van der Waals surface area contributed by atoms with Crippen LogP contribution in [0.3, 0.4) is 0 Å². The molecule has 1 aromatic carbocycles. The molecular formula is C19H26F2N4O2. The SMILES string of the molecule is Cc1cc(CNC(C)(C)C)ccc1OCC(F)F.NC(=O)c1cnccn1. The van der Waals surface area contributed by atoms with Crippen molar-refractivity contribution in [3.8, 4) is 5.75 Å². The highest BCUT2D eigenvalue weighted by atomic mass is 19.3. The molecule has 0 unspecified atom stereocenters. The van der Waals surface area contributed by atoms with Gasteiger partial charge in [0.15, 0.2) is 0 Å². The first-order chi connectivity index (χ1) is 12.6. The molecule has 0 atom stereocenters. The molecule has 2 rings (SSSR count). The molecule has 27 heavy (non-hydrogen) atoms. The van der Waals surface area contributed by atoms with Gasteiger partial charge in [0.2, 0.25) is 0 Å². The molecule has 0 spiro atoms. The largest absolute Gasteiger partial charge is 0.487 e.